The molecule has 16 heavy (non-hydrogen) atoms. The second-order valence-electron chi connectivity index (χ2n) is 3.68. The van der Waals surface area contributed by atoms with Gasteiger partial charge in [-0.25, -0.2) is 5.43 Å². The zero-order valence-corrected chi connectivity index (χ0v) is 9.92. The van der Waals surface area contributed by atoms with Crippen LogP contribution in [0.5, 0.6) is 0 Å². The Morgan fingerprint density at radius 1 is 1.44 bits per heavy atom. The molecule has 0 radical (unpaired) electrons. The number of hydrogen-bond acceptors (Lipinski definition) is 2. The van der Waals surface area contributed by atoms with E-state index in [1.807, 2.05) is 0 Å². The molecule has 1 saturated carbocycles. The van der Waals surface area contributed by atoms with Gasteiger partial charge < -0.3 is 0 Å². The first-order valence-corrected chi connectivity index (χ1v) is 5.71. The van der Waals surface area contributed by atoms with E-state index in [1.54, 1.807) is 18.3 Å². The summed E-state index contributed by atoms with van der Waals surface area (Å²) in [6.45, 7) is 0. The van der Waals surface area contributed by atoms with E-state index < -0.39 is 0 Å². The number of nitrogens with zero attached hydrogens (tertiary/aromatic N) is 1. The summed E-state index contributed by atoms with van der Waals surface area (Å²) < 4.78 is 0. The third-order valence-corrected chi connectivity index (χ3v) is 2.80. The largest absolute Gasteiger partial charge is 0.272 e. The number of halogens is 2. The Balaban J connectivity index is 2.01. The molecule has 0 atom stereocenters. The molecular formula is C11H10Cl2N2O. The van der Waals surface area contributed by atoms with Gasteiger partial charge in [0.05, 0.1) is 10.6 Å². The van der Waals surface area contributed by atoms with Crippen LogP contribution in [0.2, 0.25) is 10.0 Å². The number of benzene rings is 1. The molecule has 0 saturated heterocycles. The van der Waals surface area contributed by atoms with Crippen molar-refractivity contribution in [1.82, 2.24) is 5.43 Å². The lowest BCUT2D eigenvalue weighted by Gasteiger charge is -2.02. The van der Waals surface area contributed by atoms with Crippen molar-refractivity contribution in [2.24, 2.45) is 11.0 Å². The molecule has 1 fully saturated rings. The highest BCUT2D eigenvalue weighted by atomic mass is 35.5. The van der Waals surface area contributed by atoms with Crippen LogP contribution in [-0.4, -0.2) is 12.1 Å². The number of amides is 1. The van der Waals surface area contributed by atoms with E-state index in [2.05, 4.69) is 10.5 Å². The quantitative estimate of drug-likeness (QED) is 0.656. The Hall–Kier alpha value is -1.06. The van der Waals surface area contributed by atoms with Gasteiger partial charge in [-0.15, -0.1) is 0 Å². The van der Waals surface area contributed by atoms with Gasteiger partial charge in [0.25, 0.3) is 5.91 Å². The molecule has 0 heterocycles. The predicted octanol–water partition coefficient (Wildman–Crippen LogP) is 3.12. The molecule has 1 amide bonds. The summed E-state index contributed by atoms with van der Waals surface area (Å²) >= 11 is 11.6. The molecule has 5 heteroatoms. The minimum atomic E-state index is -0.321. The second-order valence-corrected chi connectivity index (χ2v) is 4.52. The molecule has 1 aliphatic rings. The van der Waals surface area contributed by atoms with Gasteiger partial charge in [0.15, 0.2) is 0 Å². The zero-order valence-electron chi connectivity index (χ0n) is 8.41. The lowest BCUT2D eigenvalue weighted by atomic mass is 10.2. The average Bonchev–Trinajstić information content (AvgIpc) is 3.01. The summed E-state index contributed by atoms with van der Waals surface area (Å²) in [4.78, 5) is 11.6. The number of hydrogen-bond donors (Lipinski definition) is 1. The summed E-state index contributed by atoms with van der Waals surface area (Å²) in [5.41, 5.74) is 2.81. The van der Waals surface area contributed by atoms with Crippen LogP contribution in [0.25, 0.3) is 0 Å². The predicted molar refractivity (Wildman–Crippen MR) is 65.1 cm³/mol. The molecule has 0 unspecified atom stereocenters. The van der Waals surface area contributed by atoms with Crippen molar-refractivity contribution >= 4 is 35.3 Å². The molecule has 0 aromatic heterocycles. The Morgan fingerprint density at radius 3 is 2.81 bits per heavy atom. The first kappa shape index (κ1) is 11.4. The summed E-state index contributed by atoms with van der Waals surface area (Å²) in [7, 11) is 0. The SMILES string of the molecule is O=C(N/N=C/C1CC1)c1ccc(Cl)cc1Cl. The van der Waals surface area contributed by atoms with E-state index in [0.29, 0.717) is 21.5 Å². The molecule has 84 valence electrons. The minimum Gasteiger partial charge on any atom is -0.267 e. The Labute approximate surface area is 103 Å². The van der Waals surface area contributed by atoms with Crippen LogP contribution in [-0.2, 0) is 0 Å². The molecule has 1 aliphatic carbocycles. The maximum atomic E-state index is 11.6. The van der Waals surface area contributed by atoms with Crippen LogP contribution in [0.1, 0.15) is 23.2 Å². The van der Waals surface area contributed by atoms with Gasteiger partial charge in [-0.3, -0.25) is 4.79 Å². The highest BCUT2D eigenvalue weighted by Gasteiger charge is 2.18. The van der Waals surface area contributed by atoms with Gasteiger partial charge in [-0.05, 0) is 37.0 Å². The first-order chi connectivity index (χ1) is 7.66. The lowest BCUT2D eigenvalue weighted by Crippen LogP contribution is -2.18. The molecule has 0 spiro atoms. The van der Waals surface area contributed by atoms with Crippen molar-refractivity contribution in [3.8, 4) is 0 Å². The number of nitrogens with one attached hydrogen (secondary N) is 1. The molecule has 1 aromatic carbocycles. The highest BCUT2D eigenvalue weighted by molar-refractivity contribution is 6.36. The van der Waals surface area contributed by atoms with E-state index in [9.17, 15) is 4.79 Å². The Kier molecular flexibility index (Phi) is 3.46. The molecule has 0 bridgehead atoms. The third-order valence-electron chi connectivity index (χ3n) is 2.25. The number of carbonyl (C=O) groups is 1. The normalized spacial score (nSPS) is 15.4. The van der Waals surface area contributed by atoms with E-state index in [1.165, 1.54) is 6.07 Å². The van der Waals surface area contributed by atoms with E-state index in [4.69, 9.17) is 23.2 Å². The van der Waals surface area contributed by atoms with Gasteiger partial charge in [0, 0.05) is 11.2 Å². The van der Waals surface area contributed by atoms with Crippen LogP contribution in [0.3, 0.4) is 0 Å². The molecule has 1 N–H and O–H groups in total. The molecule has 1 aromatic rings. The lowest BCUT2D eigenvalue weighted by molar-refractivity contribution is 0.0955. The summed E-state index contributed by atoms with van der Waals surface area (Å²) in [6, 6.07) is 4.72. The number of carbonyl (C=O) groups excluding carboxylic acids is 1. The zero-order chi connectivity index (χ0) is 11.5. The topological polar surface area (TPSA) is 41.5 Å². The maximum Gasteiger partial charge on any atom is 0.272 e. The third kappa shape index (κ3) is 2.97. The number of hydrazone groups is 1. The fraction of sp³-hybridized carbons (Fsp3) is 0.273. The Bertz CT molecular complexity index is 442. The van der Waals surface area contributed by atoms with Crippen molar-refractivity contribution in [3.63, 3.8) is 0 Å². The second kappa shape index (κ2) is 4.85. The van der Waals surface area contributed by atoms with Crippen LogP contribution < -0.4 is 5.43 Å². The van der Waals surface area contributed by atoms with Crippen LogP contribution >= 0.6 is 23.2 Å². The average molecular weight is 257 g/mol. The van der Waals surface area contributed by atoms with Gasteiger partial charge in [-0.2, -0.15) is 5.10 Å². The van der Waals surface area contributed by atoms with E-state index >= 15 is 0 Å². The molecule has 0 aliphatic heterocycles. The van der Waals surface area contributed by atoms with Crippen LogP contribution in [0.15, 0.2) is 23.3 Å². The molecular weight excluding hydrogens is 247 g/mol. The van der Waals surface area contributed by atoms with Crippen molar-refractivity contribution in [2.45, 2.75) is 12.8 Å². The van der Waals surface area contributed by atoms with E-state index in [-0.39, 0.29) is 5.91 Å². The van der Waals surface area contributed by atoms with Gasteiger partial charge in [0.2, 0.25) is 0 Å². The molecule has 3 nitrogen and oxygen atoms in total. The molecule has 2 rings (SSSR count). The Morgan fingerprint density at radius 2 is 2.19 bits per heavy atom. The smallest absolute Gasteiger partial charge is 0.267 e. The van der Waals surface area contributed by atoms with Crippen LogP contribution in [0, 0.1) is 5.92 Å². The minimum absolute atomic E-state index is 0.321. The standard InChI is InChI=1S/C11H10Cl2N2O/c12-8-3-4-9(10(13)5-8)11(16)15-14-6-7-1-2-7/h3-7H,1-2H2,(H,15,16)/b14-6+. The fourth-order valence-corrected chi connectivity index (χ4v) is 1.67. The summed E-state index contributed by atoms with van der Waals surface area (Å²) in [5, 5.41) is 4.69. The summed E-state index contributed by atoms with van der Waals surface area (Å²) in [6.07, 6.45) is 4.06. The number of rotatable bonds is 3. The van der Waals surface area contributed by atoms with Crippen molar-refractivity contribution < 1.29 is 4.79 Å². The van der Waals surface area contributed by atoms with Gasteiger partial charge in [0.1, 0.15) is 0 Å². The maximum absolute atomic E-state index is 11.6. The van der Waals surface area contributed by atoms with Crippen molar-refractivity contribution in [3.05, 3.63) is 33.8 Å². The first-order valence-electron chi connectivity index (χ1n) is 4.95. The van der Waals surface area contributed by atoms with E-state index in [0.717, 1.165) is 12.8 Å². The van der Waals surface area contributed by atoms with Crippen LogP contribution in [0.4, 0.5) is 0 Å². The van der Waals surface area contributed by atoms with Gasteiger partial charge >= 0.3 is 0 Å². The van der Waals surface area contributed by atoms with Crippen molar-refractivity contribution in [1.29, 1.82) is 0 Å². The fourth-order valence-electron chi connectivity index (χ4n) is 1.18. The van der Waals surface area contributed by atoms with Crippen molar-refractivity contribution in [2.75, 3.05) is 0 Å². The van der Waals surface area contributed by atoms with Gasteiger partial charge in [-0.1, -0.05) is 23.2 Å². The highest BCUT2D eigenvalue weighted by Crippen LogP contribution is 2.26. The summed E-state index contributed by atoms with van der Waals surface area (Å²) in [5.74, 6) is 0.208. The monoisotopic (exact) mass is 256 g/mol.